The summed E-state index contributed by atoms with van der Waals surface area (Å²) in [5.74, 6) is -0.153. The van der Waals surface area contributed by atoms with Crippen LogP contribution in [0.15, 0.2) is 30.5 Å². The topological polar surface area (TPSA) is 116 Å². The minimum atomic E-state index is -3.85. The van der Waals surface area contributed by atoms with Crippen LogP contribution in [0.3, 0.4) is 0 Å². The highest BCUT2D eigenvalue weighted by Gasteiger charge is 2.30. The van der Waals surface area contributed by atoms with Crippen molar-refractivity contribution < 1.29 is 17.9 Å². The molecule has 9 nitrogen and oxygen atoms in total. The van der Waals surface area contributed by atoms with E-state index in [-0.39, 0.29) is 29.9 Å². The van der Waals surface area contributed by atoms with E-state index >= 15 is 0 Å². The molecule has 0 radical (unpaired) electrons. The van der Waals surface area contributed by atoms with Gasteiger partial charge >= 0.3 is 0 Å². The zero-order valence-electron chi connectivity index (χ0n) is 17.7. The Morgan fingerprint density at radius 3 is 2.74 bits per heavy atom. The zero-order valence-corrected chi connectivity index (χ0v) is 18.5. The Labute approximate surface area is 180 Å². The van der Waals surface area contributed by atoms with Gasteiger partial charge in [0.15, 0.2) is 11.5 Å². The molecule has 1 aliphatic rings. The molecule has 0 spiro atoms. The fourth-order valence-corrected chi connectivity index (χ4v) is 4.17. The summed E-state index contributed by atoms with van der Waals surface area (Å²) in [6.45, 7) is 5.42. The number of ether oxygens (including phenoxy) is 1. The lowest BCUT2D eigenvalue weighted by Gasteiger charge is -2.11. The van der Waals surface area contributed by atoms with Crippen LogP contribution in [0.25, 0.3) is 16.9 Å². The van der Waals surface area contributed by atoms with Gasteiger partial charge in [0.1, 0.15) is 0 Å². The third kappa shape index (κ3) is 4.75. The van der Waals surface area contributed by atoms with Crippen molar-refractivity contribution in [2.75, 3.05) is 12.4 Å². The molecular formula is C21H25N5O4S. The number of sulfonamides is 1. The molecule has 0 saturated heterocycles. The first-order chi connectivity index (χ1) is 14.7. The van der Waals surface area contributed by atoms with Crippen molar-refractivity contribution in [2.45, 2.75) is 45.6 Å². The van der Waals surface area contributed by atoms with Crippen LogP contribution in [0, 0.1) is 6.92 Å². The maximum Gasteiger partial charge on any atom is 0.265 e. The average molecular weight is 444 g/mol. The molecule has 0 atom stereocenters. The average Bonchev–Trinajstić information content (AvgIpc) is 3.51. The van der Waals surface area contributed by atoms with E-state index in [1.54, 1.807) is 36.0 Å². The molecule has 0 unspecified atom stereocenters. The second kappa shape index (κ2) is 8.35. The highest BCUT2D eigenvalue weighted by atomic mass is 32.2. The minimum absolute atomic E-state index is 0.00992. The summed E-state index contributed by atoms with van der Waals surface area (Å²) in [4.78, 5) is 22.1. The summed E-state index contributed by atoms with van der Waals surface area (Å²) in [5, 5.41) is 5.05. The number of aryl methyl sites for hydroxylation is 1. The third-order valence-electron chi connectivity index (χ3n) is 4.99. The van der Waals surface area contributed by atoms with Crippen molar-refractivity contribution >= 4 is 27.0 Å². The van der Waals surface area contributed by atoms with Crippen molar-refractivity contribution in [3.05, 3.63) is 47.4 Å². The number of nitrogens with zero attached hydrogens (tertiary/aromatic N) is 4. The second-order valence-electron chi connectivity index (χ2n) is 7.92. The second-order valence-corrected chi connectivity index (χ2v) is 9.76. The lowest BCUT2D eigenvalue weighted by atomic mass is 10.1. The number of hydrogen-bond acceptors (Lipinski definition) is 7. The van der Waals surface area contributed by atoms with Gasteiger partial charge in [-0.1, -0.05) is 6.07 Å². The Balaban J connectivity index is 1.73. The van der Waals surface area contributed by atoms with Crippen LogP contribution >= 0.6 is 0 Å². The molecule has 3 aromatic heterocycles. The highest BCUT2D eigenvalue weighted by Crippen LogP contribution is 2.40. The van der Waals surface area contributed by atoms with Crippen LogP contribution < -0.4 is 4.72 Å². The number of fused-ring (bicyclic) bond motifs is 1. The van der Waals surface area contributed by atoms with E-state index in [4.69, 9.17) is 9.72 Å². The van der Waals surface area contributed by atoms with Gasteiger partial charge in [-0.2, -0.15) is 9.78 Å². The number of hydrogen-bond donors (Lipinski definition) is 1. The summed E-state index contributed by atoms with van der Waals surface area (Å²) < 4.78 is 33.9. The van der Waals surface area contributed by atoms with Crippen molar-refractivity contribution in [1.29, 1.82) is 0 Å². The van der Waals surface area contributed by atoms with Gasteiger partial charge in [-0.25, -0.2) is 23.1 Å². The van der Waals surface area contributed by atoms with E-state index in [0.717, 1.165) is 18.5 Å². The molecule has 0 aliphatic heterocycles. The minimum Gasteiger partial charge on any atom is -0.378 e. The van der Waals surface area contributed by atoms with Gasteiger partial charge in [0.25, 0.3) is 5.91 Å². The van der Waals surface area contributed by atoms with Gasteiger partial charge in [0, 0.05) is 17.8 Å². The Morgan fingerprint density at radius 1 is 1.32 bits per heavy atom. The number of nitrogens with one attached hydrogen (secondary N) is 1. The van der Waals surface area contributed by atoms with Crippen molar-refractivity contribution in [3.63, 3.8) is 0 Å². The quantitative estimate of drug-likeness (QED) is 0.568. The maximum atomic E-state index is 13.1. The van der Waals surface area contributed by atoms with E-state index in [9.17, 15) is 13.2 Å². The largest absolute Gasteiger partial charge is 0.378 e. The van der Waals surface area contributed by atoms with Gasteiger partial charge in [0.2, 0.25) is 10.0 Å². The van der Waals surface area contributed by atoms with Crippen LogP contribution in [0.2, 0.25) is 0 Å². The molecule has 1 saturated carbocycles. The predicted molar refractivity (Wildman–Crippen MR) is 116 cm³/mol. The molecule has 1 fully saturated rings. The van der Waals surface area contributed by atoms with Crippen LogP contribution in [0.4, 0.5) is 0 Å². The molecule has 3 aromatic rings. The fourth-order valence-electron chi connectivity index (χ4n) is 3.36. The molecule has 1 N–H and O–H groups in total. The van der Waals surface area contributed by atoms with Crippen LogP contribution in [0.1, 0.15) is 54.4 Å². The lowest BCUT2D eigenvalue weighted by Crippen LogP contribution is -2.34. The van der Waals surface area contributed by atoms with Crippen LogP contribution in [0.5, 0.6) is 0 Å². The summed E-state index contributed by atoms with van der Waals surface area (Å²) in [6, 6.07) is 7.14. The van der Waals surface area contributed by atoms with Crippen LogP contribution in [-0.4, -0.2) is 52.5 Å². The van der Waals surface area contributed by atoms with E-state index in [2.05, 4.69) is 14.8 Å². The van der Waals surface area contributed by atoms with E-state index in [1.807, 2.05) is 19.9 Å². The SMILES string of the molecule is Cc1nn(-c2ccccn2)c2nc(C3CC3)cc(C(=O)NS(=O)(=O)CCOC(C)C)c12. The normalized spacial score (nSPS) is 14.3. The van der Waals surface area contributed by atoms with E-state index < -0.39 is 15.9 Å². The number of carbonyl (C=O) groups excluding carboxylic acids is 1. The lowest BCUT2D eigenvalue weighted by molar-refractivity contribution is 0.0908. The zero-order chi connectivity index (χ0) is 22.2. The smallest absolute Gasteiger partial charge is 0.265 e. The first-order valence-corrected chi connectivity index (χ1v) is 11.9. The molecule has 164 valence electrons. The monoisotopic (exact) mass is 443 g/mol. The Kier molecular flexibility index (Phi) is 5.76. The first kappa shape index (κ1) is 21.4. The number of pyridine rings is 2. The number of rotatable bonds is 8. The Bertz CT molecular complexity index is 1220. The molecule has 1 aliphatic carbocycles. The fraction of sp³-hybridized carbons (Fsp3) is 0.429. The number of aromatic nitrogens is 4. The first-order valence-electron chi connectivity index (χ1n) is 10.2. The molecule has 0 aromatic carbocycles. The molecular weight excluding hydrogens is 418 g/mol. The molecule has 3 heterocycles. The van der Waals surface area contributed by atoms with Gasteiger partial charge in [-0.05, 0) is 51.8 Å². The predicted octanol–water partition coefficient (Wildman–Crippen LogP) is 2.49. The summed E-state index contributed by atoms with van der Waals surface area (Å²) >= 11 is 0. The maximum absolute atomic E-state index is 13.1. The van der Waals surface area contributed by atoms with Gasteiger partial charge in [-0.3, -0.25) is 4.79 Å². The van der Waals surface area contributed by atoms with Gasteiger partial charge in [0.05, 0.1) is 35.1 Å². The summed E-state index contributed by atoms with van der Waals surface area (Å²) in [6.07, 6.45) is 3.54. The Morgan fingerprint density at radius 2 is 2.10 bits per heavy atom. The molecule has 1 amide bonds. The van der Waals surface area contributed by atoms with Crippen molar-refractivity contribution in [3.8, 4) is 5.82 Å². The number of amides is 1. The third-order valence-corrected chi connectivity index (χ3v) is 6.19. The van der Waals surface area contributed by atoms with E-state index in [1.165, 1.54) is 0 Å². The summed E-state index contributed by atoms with van der Waals surface area (Å²) in [7, 11) is -3.85. The molecule has 0 bridgehead atoms. The van der Waals surface area contributed by atoms with Gasteiger partial charge < -0.3 is 4.74 Å². The van der Waals surface area contributed by atoms with E-state index in [0.29, 0.717) is 22.5 Å². The molecule has 10 heteroatoms. The van der Waals surface area contributed by atoms with Crippen molar-refractivity contribution in [1.82, 2.24) is 24.5 Å². The number of carbonyl (C=O) groups is 1. The summed E-state index contributed by atoms with van der Waals surface area (Å²) in [5.41, 5.74) is 2.07. The Hall–Kier alpha value is -2.85. The van der Waals surface area contributed by atoms with Crippen LogP contribution in [-0.2, 0) is 14.8 Å². The highest BCUT2D eigenvalue weighted by molar-refractivity contribution is 7.90. The van der Waals surface area contributed by atoms with Crippen molar-refractivity contribution in [2.24, 2.45) is 0 Å². The van der Waals surface area contributed by atoms with Gasteiger partial charge in [-0.15, -0.1) is 0 Å². The standard InChI is InChI=1S/C21H25N5O4S/c1-13(2)30-10-11-31(28,29)25-21(27)16-12-17(15-7-8-15)23-20-19(16)14(3)24-26(20)18-6-4-5-9-22-18/h4-6,9,12-13,15H,7-8,10-11H2,1-3H3,(H,25,27). The molecule has 4 rings (SSSR count). The molecule has 31 heavy (non-hydrogen) atoms.